The average Bonchev–Trinajstić information content (AvgIpc) is 2.81. The predicted molar refractivity (Wildman–Crippen MR) is 107 cm³/mol. The van der Waals surface area contributed by atoms with Gasteiger partial charge in [0.05, 0.1) is 6.33 Å². The van der Waals surface area contributed by atoms with E-state index in [4.69, 9.17) is 5.11 Å². The highest BCUT2D eigenvalue weighted by molar-refractivity contribution is 7.99. The molecule has 25 heavy (non-hydrogen) atoms. The molecular weight excluding hydrogens is 328 g/mol. The fourth-order valence-corrected chi connectivity index (χ4v) is 3.17. The molecule has 136 valence electrons. The first-order chi connectivity index (χ1) is 12.3. The van der Waals surface area contributed by atoms with E-state index in [2.05, 4.69) is 41.2 Å². The van der Waals surface area contributed by atoms with Gasteiger partial charge in [0.2, 0.25) is 0 Å². The molecule has 1 aliphatic carbocycles. The fourth-order valence-electron chi connectivity index (χ4n) is 2.36. The fraction of sp³-hybridized carbons (Fsp3) is 0.381. The number of hydrogen-bond donors (Lipinski definition) is 2. The lowest BCUT2D eigenvalue weighted by Crippen LogP contribution is -1.85. The maximum absolute atomic E-state index is 7.00. The number of aryl methyl sites for hydroxylation is 1. The molecule has 1 fully saturated rings. The number of nitrogens with one attached hydrogen (secondary N) is 1. The minimum absolute atomic E-state index is 1.00. The van der Waals surface area contributed by atoms with Crippen LogP contribution in [0.25, 0.3) is 0 Å². The molecule has 0 saturated heterocycles. The number of aromatic amines is 1. The summed E-state index contributed by atoms with van der Waals surface area (Å²) in [6.07, 6.45) is 14.4. The van der Waals surface area contributed by atoms with E-state index in [1.54, 1.807) is 18.1 Å². The van der Waals surface area contributed by atoms with Gasteiger partial charge in [-0.25, -0.2) is 4.98 Å². The highest BCUT2D eigenvalue weighted by atomic mass is 32.2. The second kappa shape index (κ2) is 14.6. The van der Waals surface area contributed by atoms with Crippen molar-refractivity contribution >= 4 is 11.8 Å². The summed E-state index contributed by atoms with van der Waals surface area (Å²) in [5.41, 5.74) is 1.28. The van der Waals surface area contributed by atoms with Gasteiger partial charge < -0.3 is 10.1 Å². The SMILES string of the molecule is C1CCCCC1.CO.Cc1ccc(Sc2cccc[nH]cnc2)cc1. The molecule has 2 N–H and O–H groups in total. The molecule has 1 aromatic carbocycles. The second-order valence-electron chi connectivity index (χ2n) is 5.73. The molecule has 0 bridgehead atoms. The third kappa shape index (κ3) is 10.6. The summed E-state index contributed by atoms with van der Waals surface area (Å²) in [6, 6.07) is 14.5. The van der Waals surface area contributed by atoms with Gasteiger partial charge in [0.15, 0.2) is 0 Å². The van der Waals surface area contributed by atoms with Crippen molar-refractivity contribution in [1.82, 2.24) is 9.97 Å². The molecular formula is C21H30N2OS. The van der Waals surface area contributed by atoms with E-state index in [9.17, 15) is 0 Å². The lowest BCUT2D eigenvalue weighted by atomic mass is 10.0. The van der Waals surface area contributed by atoms with Crippen LogP contribution in [0.1, 0.15) is 44.1 Å². The second-order valence-corrected chi connectivity index (χ2v) is 6.88. The molecule has 1 saturated carbocycles. The molecule has 0 radical (unpaired) electrons. The van der Waals surface area contributed by atoms with Crippen LogP contribution in [0.4, 0.5) is 0 Å². The molecule has 0 aliphatic heterocycles. The van der Waals surface area contributed by atoms with E-state index in [-0.39, 0.29) is 0 Å². The summed E-state index contributed by atoms with van der Waals surface area (Å²) in [5, 5.41) is 7.00. The van der Waals surface area contributed by atoms with Crippen LogP contribution < -0.4 is 0 Å². The number of rotatable bonds is 2. The first-order valence-corrected chi connectivity index (χ1v) is 9.66. The van der Waals surface area contributed by atoms with Gasteiger partial charge in [0.25, 0.3) is 0 Å². The van der Waals surface area contributed by atoms with Gasteiger partial charge in [-0.3, -0.25) is 0 Å². The Bertz CT molecular complexity index is 570. The van der Waals surface area contributed by atoms with Crippen molar-refractivity contribution < 1.29 is 5.11 Å². The number of aliphatic hydroxyl groups is 1. The molecule has 2 aromatic rings. The maximum atomic E-state index is 7.00. The summed E-state index contributed by atoms with van der Waals surface area (Å²) >= 11 is 1.70. The molecule has 0 amide bonds. The van der Waals surface area contributed by atoms with Crippen LogP contribution in [0.5, 0.6) is 0 Å². The molecule has 0 spiro atoms. The number of H-pyrrole nitrogens is 1. The third-order valence-corrected chi connectivity index (χ3v) is 4.66. The Kier molecular flexibility index (Phi) is 12.4. The monoisotopic (exact) mass is 358 g/mol. The molecule has 3 rings (SSSR count). The van der Waals surface area contributed by atoms with Crippen molar-refractivity contribution in [1.29, 1.82) is 0 Å². The quantitative estimate of drug-likeness (QED) is 0.698. The standard InChI is InChI=1S/C14H14N2S.C6H12.CH4O/c1-12-5-7-13(8-6-12)17-14-4-2-3-9-15-11-16-10-14;1-2-4-6-5-3-1;1-2/h2-11H,1H3,(H,15,16);1-6H2;2H,1H3. The van der Waals surface area contributed by atoms with Gasteiger partial charge in [-0.15, -0.1) is 0 Å². The molecule has 4 heteroatoms. The first kappa shape index (κ1) is 21.3. The van der Waals surface area contributed by atoms with Crippen LogP contribution in [0.15, 0.2) is 71.0 Å². The summed E-state index contributed by atoms with van der Waals surface area (Å²) < 4.78 is 0. The zero-order chi connectivity index (χ0) is 18.2. The minimum atomic E-state index is 1.00. The minimum Gasteiger partial charge on any atom is -0.400 e. The van der Waals surface area contributed by atoms with Crippen LogP contribution in [-0.4, -0.2) is 22.2 Å². The van der Waals surface area contributed by atoms with Crippen LogP contribution in [0, 0.1) is 6.92 Å². The Morgan fingerprint density at radius 1 is 0.840 bits per heavy atom. The van der Waals surface area contributed by atoms with Gasteiger partial charge in [0, 0.05) is 29.3 Å². The van der Waals surface area contributed by atoms with E-state index in [1.165, 1.54) is 49.0 Å². The average molecular weight is 359 g/mol. The molecule has 3 nitrogen and oxygen atoms in total. The summed E-state index contributed by atoms with van der Waals surface area (Å²) in [4.78, 5) is 9.44. The molecule has 0 atom stereocenters. The van der Waals surface area contributed by atoms with Crippen LogP contribution >= 0.6 is 11.8 Å². The molecule has 0 unspecified atom stereocenters. The predicted octanol–water partition coefficient (Wildman–Crippen LogP) is 5.94. The van der Waals surface area contributed by atoms with Crippen molar-refractivity contribution in [2.24, 2.45) is 0 Å². The Hall–Kier alpha value is -1.78. The van der Waals surface area contributed by atoms with Crippen molar-refractivity contribution in [2.75, 3.05) is 7.11 Å². The molecule has 1 aromatic heterocycles. The number of aliphatic hydroxyl groups excluding tert-OH is 1. The normalized spacial score (nSPS) is 12.6. The van der Waals surface area contributed by atoms with Gasteiger partial charge in [-0.1, -0.05) is 74.0 Å². The zero-order valence-corrected chi connectivity index (χ0v) is 16.1. The van der Waals surface area contributed by atoms with Crippen LogP contribution in [0.2, 0.25) is 0 Å². The Morgan fingerprint density at radius 3 is 2.04 bits per heavy atom. The van der Waals surface area contributed by atoms with E-state index >= 15 is 0 Å². The Labute approximate surface area is 156 Å². The first-order valence-electron chi connectivity index (χ1n) is 8.85. The van der Waals surface area contributed by atoms with E-state index in [1.807, 2.05) is 30.6 Å². The van der Waals surface area contributed by atoms with E-state index < -0.39 is 0 Å². The van der Waals surface area contributed by atoms with Crippen LogP contribution in [-0.2, 0) is 0 Å². The zero-order valence-electron chi connectivity index (χ0n) is 15.3. The van der Waals surface area contributed by atoms with Gasteiger partial charge >= 0.3 is 0 Å². The number of hydrogen-bond acceptors (Lipinski definition) is 3. The van der Waals surface area contributed by atoms with Crippen molar-refractivity contribution in [3.63, 3.8) is 0 Å². The van der Waals surface area contributed by atoms with E-state index in [0.29, 0.717) is 0 Å². The number of nitrogens with zero attached hydrogens (tertiary/aromatic N) is 1. The maximum Gasteiger partial charge on any atom is 0.0918 e. The van der Waals surface area contributed by atoms with Crippen molar-refractivity contribution in [3.05, 3.63) is 66.7 Å². The Balaban J connectivity index is 0.000000326. The number of benzene rings is 1. The van der Waals surface area contributed by atoms with E-state index in [0.717, 1.165) is 12.0 Å². The topological polar surface area (TPSA) is 48.9 Å². The highest BCUT2D eigenvalue weighted by Gasteiger charge is 1.96. The van der Waals surface area contributed by atoms with Gasteiger partial charge in [-0.2, -0.15) is 0 Å². The van der Waals surface area contributed by atoms with Crippen molar-refractivity contribution in [3.8, 4) is 0 Å². The van der Waals surface area contributed by atoms with Crippen LogP contribution in [0.3, 0.4) is 0 Å². The lowest BCUT2D eigenvalue weighted by molar-refractivity contribution is 0.399. The highest BCUT2D eigenvalue weighted by Crippen LogP contribution is 2.26. The lowest BCUT2D eigenvalue weighted by Gasteiger charge is -2.05. The Morgan fingerprint density at radius 2 is 1.44 bits per heavy atom. The summed E-state index contributed by atoms with van der Waals surface area (Å²) in [7, 11) is 1.00. The largest absolute Gasteiger partial charge is 0.400 e. The molecule has 1 heterocycles. The van der Waals surface area contributed by atoms with Gasteiger partial charge in [0.1, 0.15) is 0 Å². The van der Waals surface area contributed by atoms with Crippen molar-refractivity contribution in [2.45, 2.75) is 55.2 Å². The van der Waals surface area contributed by atoms with Gasteiger partial charge in [-0.05, 0) is 31.2 Å². The smallest absolute Gasteiger partial charge is 0.0918 e. The summed E-state index contributed by atoms with van der Waals surface area (Å²) in [6.45, 7) is 2.09. The molecule has 1 aliphatic rings. The third-order valence-electron chi connectivity index (χ3n) is 3.67. The number of aromatic nitrogens is 2. The summed E-state index contributed by atoms with van der Waals surface area (Å²) in [5.74, 6) is 0.